The first-order valence-corrected chi connectivity index (χ1v) is 10.1. The summed E-state index contributed by atoms with van der Waals surface area (Å²) in [6, 6.07) is 9.57. The topological polar surface area (TPSA) is 50.2 Å². The molecular formula is C22H32N4O. The number of hydrogen-bond acceptors (Lipinski definition) is 3. The van der Waals surface area contributed by atoms with Crippen LogP contribution in [0.5, 0.6) is 0 Å². The maximum atomic E-state index is 12.3. The summed E-state index contributed by atoms with van der Waals surface area (Å²) in [6.45, 7) is 11.0. The van der Waals surface area contributed by atoms with E-state index >= 15 is 0 Å². The van der Waals surface area contributed by atoms with E-state index in [2.05, 4.69) is 29.2 Å². The highest BCUT2D eigenvalue weighted by Gasteiger charge is 2.20. The summed E-state index contributed by atoms with van der Waals surface area (Å²) in [5.41, 5.74) is 2.74. The zero-order valence-electron chi connectivity index (χ0n) is 16.8. The lowest BCUT2D eigenvalue weighted by atomic mass is 9.92. The van der Waals surface area contributed by atoms with E-state index in [-0.39, 0.29) is 5.91 Å². The minimum absolute atomic E-state index is 0.000968. The minimum atomic E-state index is -0.000968. The van der Waals surface area contributed by atoms with Gasteiger partial charge >= 0.3 is 0 Å². The highest BCUT2D eigenvalue weighted by Crippen LogP contribution is 2.21. The number of carbonyl (C=O) groups excluding carboxylic acids is 1. The number of likely N-dealkylation sites (tertiary alicyclic amines) is 1. The van der Waals surface area contributed by atoms with Crippen LogP contribution < -0.4 is 5.32 Å². The molecule has 5 nitrogen and oxygen atoms in total. The van der Waals surface area contributed by atoms with Crippen LogP contribution >= 0.6 is 0 Å². The highest BCUT2D eigenvalue weighted by atomic mass is 16.1. The molecule has 1 aliphatic rings. The van der Waals surface area contributed by atoms with Gasteiger partial charge in [-0.25, -0.2) is 4.68 Å². The van der Waals surface area contributed by atoms with Crippen LogP contribution in [-0.4, -0.2) is 46.8 Å². The smallest absolute Gasteiger partial charge is 0.251 e. The molecular weight excluding hydrogens is 336 g/mol. The molecule has 1 saturated heterocycles. The van der Waals surface area contributed by atoms with Crippen LogP contribution in [-0.2, 0) is 0 Å². The summed E-state index contributed by atoms with van der Waals surface area (Å²) in [5.74, 6) is 1.61. The summed E-state index contributed by atoms with van der Waals surface area (Å²) < 4.78 is 1.87. The lowest BCUT2D eigenvalue weighted by Gasteiger charge is -2.34. The molecule has 0 spiro atoms. The van der Waals surface area contributed by atoms with Crippen molar-refractivity contribution in [3.8, 4) is 5.69 Å². The van der Waals surface area contributed by atoms with Gasteiger partial charge < -0.3 is 10.2 Å². The van der Waals surface area contributed by atoms with Crippen molar-refractivity contribution in [1.82, 2.24) is 20.0 Å². The average Bonchev–Trinajstić information content (AvgIpc) is 3.06. The molecule has 1 fully saturated rings. The fourth-order valence-electron chi connectivity index (χ4n) is 4.13. The largest absolute Gasteiger partial charge is 0.352 e. The number of piperidine rings is 1. The van der Waals surface area contributed by atoms with Crippen molar-refractivity contribution < 1.29 is 4.79 Å². The third-order valence-electron chi connectivity index (χ3n) is 5.34. The Morgan fingerprint density at radius 2 is 1.81 bits per heavy atom. The molecule has 3 rings (SSSR count). The normalized spacial score (nSPS) is 20.6. The van der Waals surface area contributed by atoms with Gasteiger partial charge in [-0.1, -0.05) is 13.8 Å². The summed E-state index contributed by atoms with van der Waals surface area (Å²) in [7, 11) is 0. The van der Waals surface area contributed by atoms with E-state index in [1.807, 2.05) is 41.9 Å². The molecule has 1 N–H and O–H groups in total. The van der Waals surface area contributed by atoms with E-state index < -0.39 is 0 Å². The van der Waals surface area contributed by atoms with Gasteiger partial charge in [0.2, 0.25) is 0 Å². The van der Waals surface area contributed by atoms with Crippen LogP contribution in [0.3, 0.4) is 0 Å². The Labute approximate surface area is 162 Å². The molecule has 0 unspecified atom stereocenters. The van der Waals surface area contributed by atoms with E-state index in [9.17, 15) is 4.79 Å². The number of hydrogen-bond donors (Lipinski definition) is 1. The van der Waals surface area contributed by atoms with Gasteiger partial charge in [0, 0.05) is 37.1 Å². The van der Waals surface area contributed by atoms with E-state index in [0.29, 0.717) is 5.56 Å². The molecule has 2 atom stereocenters. The van der Waals surface area contributed by atoms with Gasteiger partial charge in [-0.3, -0.25) is 4.79 Å². The quantitative estimate of drug-likeness (QED) is 0.759. The Hall–Kier alpha value is -2.14. The van der Waals surface area contributed by atoms with Crippen molar-refractivity contribution in [2.45, 2.75) is 40.0 Å². The van der Waals surface area contributed by atoms with E-state index in [4.69, 9.17) is 0 Å². The molecule has 1 aromatic carbocycles. The van der Waals surface area contributed by atoms with E-state index in [0.717, 1.165) is 49.1 Å². The van der Waals surface area contributed by atoms with E-state index in [1.54, 1.807) is 6.20 Å². The first-order chi connectivity index (χ1) is 13.0. The molecule has 0 saturated carbocycles. The summed E-state index contributed by atoms with van der Waals surface area (Å²) >= 11 is 0. The van der Waals surface area contributed by atoms with Crippen molar-refractivity contribution in [2.75, 3.05) is 26.2 Å². The van der Waals surface area contributed by atoms with Gasteiger partial charge in [-0.2, -0.15) is 5.10 Å². The number of rotatable bonds is 7. The lowest BCUT2D eigenvalue weighted by Crippen LogP contribution is -2.39. The van der Waals surface area contributed by atoms with Crippen LogP contribution in [0.2, 0.25) is 0 Å². The third kappa shape index (κ3) is 5.42. The molecule has 0 radical (unpaired) electrons. The second-order valence-electron chi connectivity index (χ2n) is 8.10. The van der Waals surface area contributed by atoms with Crippen molar-refractivity contribution in [1.29, 1.82) is 0 Å². The second-order valence-corrected chi connectivity index (χ2v) is 8.10. The maximum absolute atomic E-state index is 12.3. The summed E-state index contributed by atoms with van der Waals surface area (Å²) in [6.07, 6.45) is 5.29. The van der Waals surface area contributed by atoms with Gasteiger partial charge in [-0.15, -0.1) is 0 Å². The zero-order chi connectivity index (χ0) is 19.2. The van der Waals surface area contributed by atoms with Crippen LogP contribution in [0.15, 0.2) is 36.5 Å². The Balaban J connectivity index is 1.39. The number of unbranched alkanes of at least 4 members (excludes halogenated alkanes) is 1. The number of nitrogens with one attached hydrogen (secondary N) is 1. The van der Waals surface area contributed by atoms with Crippen molar-refractivity contribution in [3.63, 3.8) is 0 Å². The summed E-state index contributed by atoms with van der Waals surface area (Å²) in [5, 5.41) is 7.33. The number of carbonyl (C=O) groups is 1. The Morgan fingerprint density at radius 3 is 2.44 bits per heavy atom. The molecule has 2 heterocycles. The average molecular weight is 369 g/mol. The minimum Gasteiger partial charge on any atom is -0.352 e. The van der Waals surface area contributed by atoms with Crippen molar-refractivity contribution in [3.05, 3.63) is 47.8 Å². The fourth-order valence-corrected chi connectivity index (χ4v) is 4.13. The van der Waals surface area contributed by atoms with Crippen LogP contribution in [0, 0.1) is 18.8 Å². The van der Waals surface area contributed by atoms with Gasteiger partial charge in [0.25, 0.3) is 5.91 Å². The predicted octanol–water partition coefficient (Wildman–Crippen LogP) is 3.67. The third-order valence-corrected chi connectivity index (χ3v) is 5.34. The molecule has 1 amide bonds. The standard InChI is InChI=1S/C22H32N4O/c1-17-14-18(2)16-25(15-17)13-5-4-11-23-22(27)20-6-8-21(9-7-20)26-19(3)10-12-24-26/h6-10,12,17-18H,4-5,11,13-16H2,1-3H3,(H,23,27)/t17-,18-/m1/s1. The molecule has 27 heavy (non-hydrogen) atoms. The molecule has 1 aromatic heterocycles. The zero-order valence-corrected chi connectivity index (χ0v) is 16.8. The van der Waals surface area contributed by atoms with E-state index in [1.165, 1.54) is 19.5 Å². The summed E-state index contributed by atoms with van der Waals surface area (Å²) in [4.78, 5) is 14.9. The SMILES string of the molecule is Cc1ccnn1-c1ccc(C(=O)NCCCCN2C[C@H](C)C[C@@H](C)C2)cc1. The van der Waals surface area contributed by atoms with Gasteiger partial charge in [0.1, 0.15) is 0 Å². The molecule has 146 valence electrons. The lowest BCUT2D eigenvalue weighted by molar-refractivity contribution is 0.0951. The molecule has 0 bridgehead atoms. The first-order valence-electron chi connectivity index (χ1n) is 10.1. The Bertz CT molecular complexity index is 727. The monoisotopic (exact) mass is 368 g/mol. The number of benzene rings is 1. The second kappa shape index (κ2) is 9.18. The number of amides is 1. The molecule has 2 aromatic rings. The molecule has 1 aliphatic heterocycles. The fraction of sp³-hybridized carbons (Fsp3) is 0.545. The first kappa shape index (κ1) is 19.6. The van der Waals surface area contributed by atoms with Gasteiger partial charge in [0.05, 0.1) is 5.69 Å². The number of nitrogens with zero attached hydrogens (tertiary/aromatic N) is 3. The van der Waals surface area contributed by atoms with Crippen molar-refractivity contribution in [2.24, 2.45) is 11.8 Å². The Kier molecular flexibility index (Phi) is 6.67. The predicted molar refractivity (Wildman–Crippen MR) is 109 cm³/mol. The van der Waals surface area contributed by atoms with Gasteiger partial charge in [-0.05, 0) is 74.9 Å². The molecule has 5 heteroatoms. The van der Waals surface area contributed by atoms with Crippen molar-refractivity contribution >= 4 is 5.91 Å². The van der Waals surface area contributed by atoms with Gasteiger partial charge in [0.15, 0.2) is 0 Å². The van der Waals surface area contributed by atoms with Crippen LogP contribution in [0.1, 0.15) is 49.2 Å². The number of aryl methyl sites for hydroxylation is 1. The van der Waals surface area contributed by atoms with Crippen LogP contribution in [0.25, 0.3) is 5.69 Å². The Morgan fingerprint density at radius 1 is 1.11 bits per heavy atom. The van der Waals surface area contributed by atoms with Crippen LogP contribution in [0.4, 0.5) is 0 Å². The molecule has 0 aliphatic carbocycles. The maximum Gasteiger partial charge on any atom is 0.251 e. The highest BCUT2D eigenvalue weighted by molar-refractivity contribution is 5.94. The number of aromatic nitrogens is 2.